The summed E-state index contributed by atoms with van der Waals surface area (Å²) >= 11 is 0. The Morgan fingerprint density at radius 1 is 1.15 bits per heavy atom. The van der Waals surface area contributed by atoms with Crippen LogP contribution in [0.1, 0.15) is 50.2 Å². The number of hydrogen-bond donors (Lipinski definition) is 3. The van der Waals surface area contributed by atoms with Crippen LogP contribution in [0.3, 0.4) is 0 Å². The topological polar surface area (TPSA) is 65.5 Å². The fourth-order valence-electron chi connectivity index (χ4n) is 3.25. The minimum atomic E-state index is 0. The maximum absolute atomic E-state index is 11.9. The second kappa shape index (κ2) is 12.9. The fraction of sp³-hybridized carbons (Fsp3) is 0.600. The van der Waals surface area contributed by atoms with Gasteiger partial charge in [0.05, 0.1) is 6.54 Å². The van der Waals surface area contributed by atoms with Crippen molar-refractivity contribution < 1.29 is 4.79 Å². The van der Waals surface area contributed by atoms with Crippen LogP contribution >= 0.6 is 24.0 Å². The van der Waals surface area contributed by atoms with Gasteiger partial charge in [0.15, 0.2) is 5.96 Å². The van der Waals surface area contributed by atoms with Gasteiger partial charge in [0.25, 0.3) is 0 Å². The Hall–Kier alpha value is -1.31. The van der Waals surface area contributed by atoms with Crippen molar-refractivity contribution in [3.8, 4) is 0 Å². The van der Waals surface area contributed by atoms with Gasteiger partial charge in [-0.2, -0.15) is 0 Å². The molecule has 1 aromatic carbocycles. The summed E-state index contributed by atoms with van der Waals surface area (Å²) in [5.74, 6) is 1.56. The Bertz CT molecular complexity index is 571. The number of rotatable bonds is 8. The van der Waals surface area contributed by atoms with E-state index in [1.807, 2.05) is 6.92 Å². The summed E-state index contributed by atoms with van der Waals surface area (Å²) < 4.78 is 0. The van der Waals surface area contributed by atoms with Crippen LogP contribution in [0.25, 0.3) is 0 Å². The van der Waals surface area contributed by atoms with Crippen LogP contribution in [0.4, 0.5) is 0 Å². The van der Waals surface area contributed by atoms with Crippen molar-refractivity contribution >= 4 is 35.8 Å². The van der Waals surface area contributed by atoms with Gasteiger partial charge < -0.3 is 16.0 Å². The number of nitrogens with zero attached hydrogens (tertiary/aromatic N) is 1. The molecule has 0 aliphatic heterocycles. The Morgan fingerprint density at radius 2 is 1.88 bits per heavy atom. The van der Waals surface area contributed by atoms with E-state index >= 15 is 0 Å². The summed E-state index contributed by atoms with van der Waals surface area (Å²) in [4.78, 5) is 16.5. The lowest BCUT2D eigenvalue weighted by molar-refractivity contribution is -0.121. The molecule has 146 valence electrons. The third-order valence-corrected chi connectivity index (χ3v) is 4.53. The molecular weight excluding hydrogens is 439 g/mol. The Balaban J connectivity index is 0.00000338. The molecule has 1 aliphatic rings. The number of aliphatic imine (C=N–C) groups is 1. The summed E-state index contributed by atoms with van der Waals surface area (Å²) in [6, 6.07) is 8.38. The summed E-state index contributed by atoms with van der Waals surface area (Å²) in [6.07, 6.45) is 5.66. The quantitative estimate of drug-likeness (QED) is 0.235. The Labute approximate surface area is 174 Å². The molecule has 2 rings (SSSR count). The normalized spacial score (nSPS) is 14.6. The number of carbonyl (C=O) groups excluding carboxylic acids is 1. The second-order valence-electron chi connectivity index (χ2n) is 6.82. The molecule has 26 heavy (non-hydrogen) atoms. The van der Waals surface area contributed by atoms with Crippen LogP contribution in [0, 0.1) is 12.8 Å². The third-order valence-electron chi connectivity index (χ3n) is 4.53. The molecule has 1 aromatic rings. The Kier molecular flexibility index (Phi) is 11.3. The molecule has 6 heteroatoms. The molecule has 0 heterocycles. The molecule has 1 amide bonds. The lowest BCUT2D eigenvalue weighted by atomic mass is 10.0. The van der Waals surface area contributed by atoms with Crippen molar-refractivity contribution in [2.24, 2.45) is 10.9 Å². The van der Waals surface area contributed by atoms with Crippen molar-refractivity contribution in [2.45, 2.75) is 52.5 Å². The maximum atomic E-state index is 11.9. The van der Waals surface area contributed by atoms with Gasteiger partial charge in [-0.1, -0.05) is 42.7 Å². The van der Waals surface area contributed by atoms with Gasteiger partial charge in [-0.15, -0.1) is 24.0 Å². The van der Waals surface area contributed by atoms with E-state index in [9.17, 15) is 4.79 Å². The molecular formula is C20H33IN4O. The van der Waals surface area contributed by atoms with E-state index in [1.54, 1.807) is 0 Å². The highest BCUT2D eigenvalue weighted by atomic mass is 127. The van der Waals surface area contributed by atoms with Crippen molar-refractivity contribution in [3.05, 3.63) is 35.4 Å². The molecule has 0 aromatic heterocycles. The van der Waals surface area contributed by atoms with E-state index in [0.717, 1.165) is 12.5 Å². The average Bonchev–Trinajstić information content (AvgIpc) is 3.09. The first-order chi connectivity index (χ1) is 12.2. The number of benzene rings is 1. The first-order valence-electron chi connectivity index (χ1n) is 9.51. The van der Waals surface area contributed by atoms with E-state index in [4.69, 9.17) is 0 Å². The molecule has 0 bridgehead atoms. The largest absolute Gasteiger partial charge is 0.357 e. The van der Waals surface area contributed by atoms with Crippen LogP contribution in [0.15, 0.2) is 29.3 Å². The van der Waals surface area contributed by atoms with E-state index in [1.165, 1.54) is 36.8 Å². The molecule has 1 fully saturated rings. The first-order valence-corrected chi connectivity index (χ1v) is 9.51. The van der Waals surface area contributed by atoms with Gasteiger partial charge >= 0.3 is 0 Å². The van der Waals surface area contributed by atoms with E-state index in [-0.39, 0.29) is 29.9 Å². The second-order valence-corrected chi connectivity index (χ2v) is 6.82. The minimum Gasteiger partial charge on any atom is -0.357 e. The zero-order valence-electron chi connectivity index (χ0n) is 16.0. The van der Waals surface area contributed by atoms with Crippen LogP contribution in [-0.4, -0.2) is 31.5 Å². The highest BCUT2D eigenvalue weighted by Gasteiger charge is 2.17. The summed E-state index contributed by atoms with van der Waals surface area (Å²) in [7, 11) is 0. The van der Waals surface area contributed by atoms with Crippen LogP contribution in [0.5, 0.6) is 0 Å². The molecule has 5 nitrogen and oxygen atoms in total. The standard InChI is InChI=1S/C20H32N4O.HI/c1-3-21-20(24-15-18-10-6-7-16(2)13-18)23-12-11-22-19(25)14-17-8-4-5-9-17;/h6-7,10,13,17H,3-5,8-9,11-12,14-15H2,1-2H3,(H,22,25)(H2,21,23,24);1H. The number of amides is 1. The molecule has 1 saturated carbocycles. The minimum absolute atomic E-state index is 0. The predicted molar refractivity (Wildman–Crippen MR) is 119 cm³/mol. The summed E-state index contributed by atoms with van der Waals surface area (Å²) in [5, 5.41) is 9.52. The fourth-order valence-corrected chi connectivity index (χ4v) is 3.25. The van der Waals surface area contributed by atoms with E-state index in [2.05, 4.69) is 52.1 Å². The van der Waals surface area contributed by atoms with Gasteiger partial charge in [-0.25, -0.2) is 4.99 Å². The molecule has 0 spiro atoms. The third kappa shape index (κ3) is 8.87. The highest BCUT2D eigenvalue weighted by Crippen LogP contribution is 2.27. The number of guanidine groups is 1. The van der Waals surface area contributed by atoms with E-state index < -0.39 is 0 Å². The van der Waals surface area contributed by atoms with Crippen LogP contribution < -0.4 is 16.0 Å². The van der Waals surface area contributed by atoms with Gasteiger partial charge in [0.2, 0.25) is 5.91 Å². The van der Waals surface area contributed by atoms with Crippen LogP contribution in [0.2, 0.25) is 0 Å². The van der Waals surface area contributed by atoms with Gasteiger partial charge in [-0.05, 0) is 38.2 Å². The first kappa shape index (κ1) is 22.7. The molecule has 0 radical (unpaired) electrons. The van der Waals surface area contributed by atoms with Crippen molar-refractivity contribution in [1.82, 2.24) is 16.0 Å². The van der Waals surface area contributed by atoms with E-state index in [0.29, 0.717) is 32.0 Å². The number of aryl methyl sites for hydroxylation is 1. The maximum Gasteiger partial charge on any atom is 0.220 e. The Morgan fingerprint density at radius 3 is 2.58 bits per heavy atom. The van der Waals surface area contributed by atoms with Crippen molar-refractivity contribution in [3.63, 3.8) is 0 Å². The van der Waals surface area contributed by atoms with Crippen molar-refractivity contribution in [1.29, 1.82) is 0 Å². The lowest BCUT2D eigenvalue weighted by Gasteiger charge is -2.13. The number of hydrogen-bond acceptors (Lipinski definition) is 2. The number of halogens is 1. The van der Waals surface area contributed by atoms with Gasteiger partial charge in [-0.3, -0.25) is 4.79 Å². The zero-order chi connectivity index (χ0) is 17.9. The van der Waals surface area contributed by atoms with Gasteiger partial charge in [0.1, 0.15) is 0 Å². The zero-order valence-corrected chi connectivity index (χ0v) is 18.3. The molecule has 0 saturated heterocycles. The number of nitrogens with one attached hydrogen (secondary N) is 3. The number of carbonyl (C=O) groups is 1. The van der Waals surface area contributed by atoms with Crippen LogP contribution in [-0.2, 0) is 11.3 Å². The molecule has 0 atom stereocenters. The average molecular weight is 472 g/mol. The van der Waals surface area contributed by atoms with Crippen molar-refractivity contribution in [2.75, 3.05) is 19.6 Å². The molecule has 0 unspecified atom stereocenters. The summed E-state index contributed by atoms with van der Waals surface area (Å²) in [6.45, 7) is 6.90. The smallest absolute Gasteiger partial charge is 0.220 e. The monoisotopic (exact) mass is 472 g/mol. The lowest BCUT2D eigenvalue weighted by Crippen LogP contribution is -2.41. The molecule has 3 N–H and O–H groups in total. The summed E-state index contributed by atoms with van der Waals surface area (Å²) in [5.41, 5.74) is 2.44. The highest BCUT2D eigenvalue weighted by molar-refractivity contribution is 14.0. The SMILES string of the molecule is CCNC(=NCc1cccc(C)c1)NCCNC(=O)CC1CCCC1.I. The predicted octanol–water partition coefficient (Wildman–Crippen LogP) is 3.36. The van der Waals surface area contributed by atoms with Gasteiger partial charge in [0, 0.05) is 26.1 Å². The molecule has 1 aliphatic carbocycles.